The molecule has 2 aromatic rings. The van der Waals surface area contributed by atoms with Gasteiger partial charge < -0.3 is 15.4 Å². The van der Waals surface area contributed by atoms with Gasteiger partial charge >= 0.3 is 0 Å². The molecule has 0 aliphatic rings. The first kappa shape index (κ1) is 14.8. The van der Waals surface area contributed by atoms with Crippen LogP contribution in [0.5, 0.6) is 0 Å². The summed E-state index contributed by atoms with van der Waals surface area (Å²) < 4.78 is 4.98. The highest BCUT2D eigenvalue weighted by atomic mass is 16.5. The summed E-state index contributed by atoms with van der Waals surface area (Å²) in [6.45, 7) is 1.45. The number of nitrogens with one attached hydrogen (secondary N) is 2. The molecule has 1 aromatic carbocycles. The molecule has 6 heteroatoms. The molecule has 6 nitrogen and oxygen atoms in total. The number of ether oxygens (including phenoxy) is 1. The molecule has 0 fully saturated rings. The third-order valence-electron chi connectivity index (χ3n) is 2.73. The molecule has 0 spiro atoms. The summed E-state index contributed by atoms with van der Waals surface area (Å²) in [5, 5.41) is 15.2. The summed E-state index contributed by atoms with van der Waals surface area (Å²) in [6.07, 6.45) is 2.57. The van der Waals surface area contributed by atoms with E-state index in [1.165, 1.54) is 0 Å². The minimum Gasteiger partial charge on any atom is -0.385 e. The lowest BCUT2D eigenvalue weighted by molar-refractivity contribution is 0.197. The number of methoxy groups -OCH3 is 1. The van der Waals surface area contributed by atoms with Crippen molar-refractivity contribution in [3.63, 3.8) is 0 Å². The van der Waals surface area contributed by atoms with Gasteiger partial charge in [-0.2, -0.15) is 10.2 Å². The number of nitriles is 1. The first-order valence-electron chi connectivity index (χ1n) is 6.65. The van der Waals surface area contributed by atoms with Crippen molar-refractivity contribution in [2.24, 2.45) is 0 Å². The van der Waals surface area contributed by atoms with Crippen LogP contribution in [0.2, 0.25) is 0 Å². The average Bonchev–Trinajstić information content (AvgIpc) is 2.52. The highest BCUT2D eigenvalue weighted by Crippen LogP contribution is 2.16. The lowest BCUT2D eigenvalue weighted by Crippen LogP contribution is -2.08. The number of hydrogen-bond acceptors (Lipinski definition) is 6. The van der Waals surface area contributed by atoms with E-state index < -0.39 is 0 Å². The van der Waals surface area contributed by atoms with Crippen molar-refractivity contribution in [1.82, 2.24) is 9.97 Å². The molecule has 0 saturated carbocycles. The molecule has 0 atom stereocenters. The van der Waals surface area contributed by atoms with Gasteiger partial charge in [-0.3, -0.25) is 0 Å². The maximum Gasteiger partial charge on any atom is 0.224 e. The Hall–Kier alpha value is -2.65. The van der Waals surface area contributed by atoms with Crippen molar-refractivity contribution in [3.05, 3.63) is 42.1 Å². The Labute approximate surface area is 123 Å². The van der Waals surface area contributed by atoms with Gasteiger partial charge in [-0.1, -0.05) is 6.07 Å². The van der Waals surface area contributed by atoms with Crippen molar-refractivity contribution in [2.45, 2.75) is 6.42 Å². The van der Waals surface area contributed by atoms with Gasteiger partial charge in [0.25, 0.3) is 0 Å². The summed E-state index contributed by atoms with van der Waals surface area (Å²) >= 11 is 0. The Morgan fingerprint density at radius 2 is 2.24 bits per heavy atom. The molecule has 21 heavy (non-hydrogen) atoms. The van der Waals surface area contributed by atoms with Crippen LogP contribution >= 0.6 is 0 Å². The standard InChI is InChI=1S/C15H17N5O/c1-21-9-3-7-17-15-18-8-6-14(20-15)19-13-5-2-4-12(10-13)11-16/h2,4-6,8,10H,3,7,9H2,1H3,(H2,17,18,19,20). The third-order valence-corrected chi connectivity index (χ3v) is 2.73. The summed E-state index contributed by atoms with van der Waals surface area (Å²) in [5.41, 5.74) is 1.42. The minimum absolute atomic E-state index is 0.563. The maximum absolute atomic E-state index is 8.89. The smallest absolute Gasteiger partial charge is 0.224 e. The zero-order valence-electron chi connectivity index (χ0n) is 11.8. The van der Waals surface area contributed by atoms with Crippen molar-refractivity contribution in [3.8, 4) is 6.07 Å². The summed E-state index contributed by atoms with van der Waals surface area (Å²) in [7, 11) is 1.68. The second-order valence-electron chi connectivity index (χ2n) is 4.36. The SMILES string of the molecule is COCCCNc1nccc(Nc2cccc(C#N)c2)n1. The van der Waals surface area contributed by atoms with Gasteiger partial charge in [0, 0.05) is 32.1 Å². The summed E-state index contributed by atoms with van der Waals surface area (Å²) in [6, 6.07) is 11.1. The molecule has 108 valence electrons. The molecule has 0 radical (unpaired) electrons. The van der Waals surface area contributed by atoms with Crippen LogP contribution in [0.25, 0.3) is 0 Å². The van der Waals surface area contributed by atoms with E-state index in [-0.39, 0.29) is 0 Å². The van der Waals surface area contributed by atoms with Crippen molar-refractivity contribution >= 4 is 17.5 Å². The quantitative estimate of drug-likeness (QED) is 0.760. The molecule has 2 N–H and O–H groups in total. The molecule has 0 aliphatic carbocycles. The highest BCUT2D eigenvalue weighted by molar-refractivity contribution is 5.59. The maximum atomic E-state index is 8.89. The van der Waals surface area contributed by atoms with Crippen LogP contribution in [-0.2, 0) is 4.74 Å². The monoisotopic (exact) mass is 283 g/mol. The largest absolute Gasteiger partial charge is 0.385 e. The lowest BCUT2D eigenvalue weighted by atomic mass is 10.2. The second-order valence-corrected chi connectivity index (χ2v) is 4.36. The van der Waals surface area contributed by atoms with Crippen LogP contribution < -0.4 is 10.6 Å². The normalized spacial score (nSPS) is 9.90. The van der Waals surface area contributed by atoms with Crippen LogP contribution in [0.3, 0.4) is 0 Å². The topological polar surface area (TPSA) is 82.9 Å². The summed E-state index contributed by atoms with van der Waals surface area (Å²) in [5.74, 6) is 1.24. The zero-order chi connectivity index (χ0) is 14.9. The summed E-state index contributed by atoms with van der Waals surface area (Å²) in [4.78, 5) is 8.52. The van der Waals surface area contributed by atoms with E-state index in [0.29, 0.717) is 23.9 Å². The first-order valence-corrected chi connectivity index (χ1v) is 6.65. The van der Waals surface area contributed by atoms with Gasteiger partial charge in [-0.25, -0.2) is 4.98 Å². The van der Waals surface area contributed by atoms with Crippen molar-refractivity contribution in [1.29, 1.82) is 5.26 Å². The van der Waals surface area contributed by atoms with Gasteiger partial charge in [0.05, 0.1) is 11.6 Å². The van der Waals surface area contributed by atoms with Crippen LogP contribution in [0.4, 0.5) is 17.5 Å². The fourth-order valence-corrected chi connectivity index (χ4v) is 1.74. The molecule has 1 aromatic heterocycles. The Kier molecular flexibility index (Phi) is 5.50. The van der Waals surface area contributed by atoms with Crippen LogP contribution in [0.15, 0.2) is 36.5 Å². The third kappa shape index (κ3) is 4.75. The van der Waals surface area contributed by atoms with Gasteiger partial charge in [-0.05, 0) is 30.7 Å². The van der Waals surface area contributed by atoms with Crippen molar-refractivity contribution < 1.29 is 4.74 Å². The van der Waals surface area contributed by atoms with Crippen LogP contribution in [0, 0.1) is 11.3 Å². The lowest BCUT2D eigenvalue weighted by Gasteiger charge is -2.08. The van der Waals surface area contributed by atoms with E-state index in [9.17, 15) is 0 Å². The predicted molar refractivity (Wildman–Crippen MR) is 81.5 cm³/mol. The molecule has 0 unspecified atom stereocenters. The molecule has 0 aliphatic heterocycles. The van der Waals surface area contributed by atoms with E-state index in [2.05, 4.69) is 26.7 Å². The van der Waals surface area contributed by atoms with Crippen molar-refractivity contribution in [2.75, 3.05) is 30.9 Å². The van der Waals surface area contributed by atoms with Crippen LogP contribution in [-0.4, -0.2) is 30.2 Å². The Morgan fingerprint density at radius 3 is 3.05 bits per heavy atom. The van der Waals surface area contributed by atoms with E-state index >= 15 is 0 Å². The van der Waals surface area contributed by atoms with Gasteiger partial charge in [0.1, 0.15) is 5.82 Å². The fourth-order valence-electron chi connectivity index (χ4n) is 1.74. The number of aromatic nitrogens is 2. The first-order chi connectivity index (χ1) is 10.3. The second kappa shape index (κ2) is 7.82. The average molecular weight is 283 g/mol. The van der Waals surface area contributed by atoms with Gasteiger partial charge in [0.15, 0.2) is 0 Å². The molecule has 2 rings (SSSR count). The molecular formula is C15H17N5O. The van der Waals surface area contributed by atoms with Gasteiger partial charge in [0.2, 0.25) is 5.95 Å². The number of hydrogen-bond donors (Lipinski definition) is 2. The van der Waals surface area contributed by atoms with E-state index in [1.54, 1.807) is 31.5 Å². The number of anilines is 3. The Morgan fingerprint density at radius 1 is 1.33 bits per heavy atom. The molecule has 0 amide bonds. The number of benzene rings is 1. The zero-order valence-corrected chi connectivity index (χ0v) is 11.8. The minimum atomic E-state index is 0.563. The molecule has 0 bridgehead atoms. The van der Waals surface area contributed by atoms with E-state index in [0.717, 1.165) is 18.7 Å². The van der Waals surface area contributed by atoms with Crippen LogP contribution in [0.1, 0.15) is 12.0 Å². The molecular weight excluding hydrogens is 266 g/mol. The Balaban J connectivity index is 1.98. The fraction of sp³-hybridized carbons (Fsp3) is 0.267. The number of rotatable bonds is 7. The highest BCUT2D eigenvalue weighted by Gasteiger charge is 2.00. The van der Waals surface area contributed by atoms with Gasteiger partial charge in [-0.15, -0.1) is 0 Å². The molecule has 1 heterocycles. The number of nitrogens with zero attached hydrogens (tertiary/aromatic N) is 3. The van der Waals surface area contributed by atoms with E-state index in [1.807, 2.05) is 12.1 Å². The predicted octanol–water partition coefficient (Wildman–Crippen LogP) is 2.54. The van der Waals surface area contributed by atoms with E-state index in [4.69, 9.17) is 10.00 Å². The Bertz CT molecular complexity index is 623. The molecule has 0 saturated heterocycles.